The number of nitrogens with zero attached hydrogens (tertiary/aromatic N) is 2. The van der Waals surface area contributed by atoms with Crippen molar-refractivity contribution in [1.82, 2.24) is 10.2 Å². The number of amides is 2. The first-order valence-corrected chi connectivity index (χ1v) is 9.83. The van der Waals surface area contributed by atoms with Crippen LogP contribution >= 0.6 is 11.8 Å². The van der Waals surface area contributed by atoms with Crippen LogP contribution in [0, 0.1) is 11.3 Å². The predicted molar refractivity (Wildman–Crippen MR) is 96.1 cm³/mol. The predicted octanol–water partition coefficient (Wildman–Crippen LogP) is 1.74. The van der Waals surface area contributed by atoms with Gasteiger partial charge in [-0.05, 0) is 37.8 Å². The molecular formula is C18H21N3O5S. The molecule has 144 valence electrons. The maximum absolute atomic E-state index is 12.5. The molecule has 2 fully saturated rings. The molecule has 2 amide bonds. The number of nitriles is 1. The molecule has 1 saturated carbocycles. The molecule has 1 saturated heterocycles. The summed E-state index contributed by atoms with van der Waals surface area (Å²) in [6.07, 6.45) is 4.48. The van der Waals surface area contributed by atoms with Crippen LogP contribution in [0.5, 0.6) is 0 Å². The fourth-order valence-corrected chi connectivity index (χ4v) is 4.92. The number of ether oxygens (including phenoxy) is 1. The molecule has 9 heteroatoms. The Balaban J connectivity index is 1.58. The molecule has 1 aliphatic carbocycles. The summed E-state index contributed by atoms with van der Waals surface area (Å²) in [6, 6.07) is 4.84. The molecule has 1 N–H and O–H groups in total. The van der Waals surface area contributed by atoms with E-state index in [1.165, 1.54) is 29.8 Å². The van der Waals surface area contributed by atoms with E-state index in [1.807, 2.05) is 0 Å². The molecule has 2 heterocycles. The van der Waals surface area contributed by atoms with Crippen molar-refractivity contribution in [1.29, 1.82) is 5.26 Å². The second-order valence-corrected chi connectivity index (χ2v) is 7.81. The van der Waals surface area contributed by atoms with Crippen molar-refractivity contribution in [2.24, 2.45) is 0 Å². The van der Waals surface area contributed by atoms with Crippen LogP contribution < -0.4 is 5.32 Å². The van der Waals surface area contributed by atoms with Crippen molar-refractivity contribution in [3.63, 3.8) is 0 Å². The SMILES string of the molecule is CC(=O)N1[C@@H](C(=O)OCC(=O)NC2(C#N)CCCC2)CS[C@@H]1c1ccco1. The van der Waals surface area contributed by atoms with Gasteiger partial charge in [-0.3, -0.25) is 9.59 Å². The molecule has 1 aromatic rings. The van der Waals surface area contributed by atoms with Gasteiger partial charge >= 0.3 is 5.97 Å². The summed E-state index contributed by atoms with van der Waals surface area (Å²) in [5.41, 5.74) is -0.859. The summed E-state index contributed by atoms with van der Waals surface area (Å²) in [5.74, 6) is -0.482. The van der Waals surface area contributed by atoms with Gasteiger partial charge in [0.05, 0.1) is 12.3 Å². The third-order valence-corrected chi connectivity index (χ3v) is 6.10. The van der Waals surface area contributed by atoms with Crippen LogP contribution in [-0.2, 0) is 19.1 Å². The Morgan fingerprint density at radius 3 is 2.78 bits per heavy atom. The van der Waals surface area contributed by atoms with Crippen LogP contribution in [0.1, 0.15) is 43.7 Å². The minimum atomic E-state index is -0.859. The van der Waals surface area contributed by atoms with E-state index >= 15 is 0 Å². The summed E-state index contributed by atoms with van der Waals surface area (Å²) < 4.78 is 10.5. The lowest BCUT2D eigenvalue weighted by molar-refractivity contribution is -0.156. The first-order valence-electron chi connectivity index (χ1n) is 8.78. The molecule has 1 aliphatic heterocycles. The molecule has 2 atom stereocenters. The van der Waals surface area contributed by atoms with Crippen LogP contribution in [-0.4, -0.2) is 46.6 Å². The van der Waals surface area contributed by atoms with Gasteiger partial charge in [-0.1, -0.05) is 0 Å². The Morgan fingerprint density at radius 1 is 1.44 bits per heavy atom. The van der Waals surface area contributed by atoms with Gasteiger partial charge in [0.25, 0.3) is 5.91 Å². The van der Waals surface area contributed by atoms with Gasteiger partial charge in [0.15, 0.2) is 6.61 Å². The zero-order chi connectivity index (χ0) is 19.4. The van der Waals surface area contributed by atoms with Crippen LogP contribution in [0.4, 0.5) is 0 Å². The van der Waals surface area contributed by atoms with Crippen molar-refractivity contribution in [2.45, 2.75) is 49.6 Å². The third kappa shape index (κ3) is 4.11. The van der Waals surface area contributed by atoms with Crippen molar-refractivity contribution in [3.05, 3.63) is 24.2 Å². The molecule has 1 aromatic heterocycles. The van der Waals surface area contributed by atoms with Gasteiger partial charge in [0.2, 0.25) is 5.91 Å². The minimum absolute atomic E-state index is 0.276. The summed E-state index contributed by atoms with van der Waals surface area (Å²) in [4.78, 5) is 38.0. The number of hydrogen-bond acceptors (Lipinski definition) is 7. The van der Waals surface area contributed by atoms with E-state index in [0.29, 0.717) is 24.4 Å². The van der Waals surface area contributed by atoms with Crippen LogP contribution in [0.2, 0.25) is 0 Å². The largest absolute Gasteiger partial charge is 0.466 e. The van der Waals surface area contributed by atoms with E-state index in [-0.39, 0.29) is 5.91 Å². The Bertz CT molecular complexity index is 752. The van der Waals surface area contributed by atoms with Crippen LogP contribution in [0.25, 0.3) is 0 Å². The molecule has 0 bridgehead atoms. The molecule has 0 aromatic carbocycles. The minimum Gasteiger partial charge on any atom is -0.466 e. The first kappa shape index (κ1) is 19.3. The van der Waals surface area contributed by atoms with Crippen molar-refractivity contribution in [3.8, 4) is 6.07 Å². The van der Waals surface area contributed by atoms with Gasteiger partial charge in [-0.2, -0.15) is 5.26 Å². The van der Waals surface area contributed by atoms with Crippen molar-refractivity contribution < 1.29 is 23.5 Å². The van der Waals surface area contributed by atoms with E-state index in [2.05, 4.69) is 11.4 Å². The number of nitrogens with one attached hydrogen (secondary N) is 1. The molecule has 2 aliphatic rings. The average Bonchev–Trinajstić information content (AvgIpc) is 3.38. The molecular weight excluding hydrogens is 370 g/mol. The summed E-state index contributed by atoms with van der Waals surface area (Å²) in [6.45, 7) is 0.909. The van der Waals surface area contributed by atoms with E-state index in [1.54, 1.807) is 12.1 Å². The van der Waals surface area contributed by atoms with Gasteiger partial charge in [-0.15, -0.1) is 11.8 Å². The van der Waals surface area contributed by atoms with Crippen molar-refractivity contribution in [2.75, 3.05) is 12.4 Å². The van der Waals surface area contributed by atoms with Gasteiger partial charge in [0.1, 0.15) is 22.7 Å². The summed E-state index contributed by atoms with van der Waals surface area (Å²) in [7, 11) is 0. The first-order chi connectivity index (χ1) is 13.0. The van der Waals surface area contributed by atoms with Gasteiger partial charge < -0.3 is 19.4 Å². The molecule has 0 spiro atoms. The Morgan fingerprint density at radius 2 is 2.19 bits per heavy atom. The highest BCUT2D eigenvalue weighted by Crippen LogP contribution is 2.41. The lowest BCUT2D eigenvalue weighted by atomic mass is 10.00. The fraction of sp³-hybridized carbons (Fsp3) is 0.556. The number of thioether (sulfide) groups is 1. The normalized spacial score (nSPS) is 23.6. The lowest BCUT2D eigenvalue weighted by Gasteiger charge is -2.26. The highest BCUT2D eigenvalue weighted by Gasteiger charge is 2.43. The zero-order valence-electron chi connectivity index (χ0n) is 15.0. The van der Waals surface area contributed by atoms with Crippen LogP contribution in [0.3, 0.4) is 0 Å². The van der Waals surface area contributed by atoms with Crippen LogP contribution in [0.15, 0.2) is 22.8 Å². The number of esters is 1. The van der Waals surface area contributed by atoms with E-state index in [0.717, 1.165) is 12.8 Å². The summed E-state index contributed by atoms with van der Waals surface area (Å²) in [5, 5.41) is 11.6. The topological polar surface area (TPSA) is 113 Å². The molecule has 0 radical (unpaired) electrons. The lowest BCUT2D eigenvalue weighted by Crippen LogP contribution is -2.48. The number of rotatable bonds is 5. The number of furan rings is 1. The molecule has 3 rings (SSSR count). The molecule has 0 unspecified atom stereocenters. The van der Waals surface area contributed by atoms with Gasteiger partial charge in [0, 0.05) is 12.7 Å². The summed E-state index contributed by atoms with van der Waals surface area (Å²) >= 11 is 1.40. The Kier molecular flexibility index (Phi) is 5.75. The highest BCUT2D eigenvalue weighted by atomic mass is 32.2. The molecule has 8 nitrogen and oxygen atoms in total. The number of carbonyl (C=O) groups is 3. The quantitative estimate of drug-likeness (QED) is 0.761. The van der Waals surface area contributed by atoms with E-state index in [9.17, 15) is 19.6 Å². The smallest absolute Gasteiger partial charge is 0.330 e. The standard InChI is InChI=1S/C18H21N3O5S/c1-12(22)21-13(10-27-16(21)14-5-4-8-25-14)17(24)26-9-15(23)20-18(11-19)6-2-3-7-18/h4-5,8,13,16H,2-3,6-7,9-10H2,1H3,(H,20,23)/t13-,16-/m1/s1. The number of carbonyl (C=O) groups excluding carboxylic acids is 3. The Hall–Kier alpha value is -2.47. The second kappa shape index (κ2) is 8.05. The maximum Gasteiger partial charge on any atom is 0.330 e. The monoisotopic (exact) mass is 391 g/mol. The third-order valence-electron chi connectivity index (χ3n) is 4.82. The zero-order valence-corrected chi connectivity index (χ0v) is 15.8. The Labute approximate surface area is 161 Å². The van der Waals surface area contributed by atoms with Gasteiger partial charge in [-0.25, -0.2) is 4.79 Å². The number of hydrogen-bond donors (Lipinski definition) is 1. The molecule has 27 heavy (non-hydrogen) atoms. The average molecular weight is 391 g/mol. The maximum atomic E-state index is 12.5. The fourth-order valence-electron chi connectivity index (χ4n) is 3.50. The second-order valence-electron chi connectivity index (χ2n) is 6.70. The van der Waals surface area contributed by atoms with Crippen molar-refractivity contribution >= 4 is 29.5 Å². The highest BCUT2D eigenvalue weighted by molar-refractivity contribution is 7.99. The van der Waals surface area contributed by atoms with E-state index < -0.39 is 35.4 Å². The van der Waals surface area contributed by atoms with E-state index in [4.69, 9.17) is 9.15 Å².